The molecule has 0 aliphatic heterocycles. The first-order valence-corrected chi connectivity index (χ1v) is 7.40. The topological polar surface area (TPSA) is 52.6 Å². The van der Waals surface area contributed by atoms with Crippen molar-refractivity contribution in [2.24, 2.45) is 0 Å². The zero-order valence-electron chi connectivity index (χ0n) is 13.5. The van der Waals surface area contributed by atoms with Gasteiger partial charge in [0.05, 0.1) is 12.1 Å². The van der Waals surface area contributed by atoms with Crippen molar-refractivity contribution in [2.45, 2.75) is 19.1 Å². The predicted octanol–water partition coefficient (Wildman–Crippen LogP) is 2.74. The molecule has 5 heteroatoms. The first kappa shape index (κ1) is 17.0. The Balaban J connectivity index is 2.02. The summed E-state index contributed by atoms with van der Waals surface area (Å²) in [6.07, 6.45) is -0.902. The van der Waals surface area contributed by atoms with E-state index in [1.807, 2.05) is 31.1 Å². The Morgan fingerprint density at radius 1 is 1.09 bits per heavy atom. The monoisotopic (exact) mass is 316 g/mol. The number of rotatable bonds is 5. The van der Waals surface area contributed by atoms with Gasteiger partial charge in [-0.3, -0.25) is 4.79 Å². The molecule has 0 heterocycles. The second-order valence-corrected chi connectivity index (χ2v) is 5.70. The fourth-order valence-electron chi connectivity index (χ4n) is 2.23. The van der Waals surface area contributed by atoms with Crippen LogP contribution in [0.1, 0.15) is 28.9 Å². The Morgan fingerprint density at radius 2 is 1.65 bits per heavy atom. The van der Waals surface area contributed by atoms with Gasteiger partial charge in [0.15, 0.2) is 0 Å². The highest BCUT2D eigenvalue weighted by molar-refractivity contribution is 5.94. The first-order chi connectivity index (χ1) is 10.9. The van der Waals surface area contributed by atoms with E-state index < -0.39 is 12.1 Å². The third-order valence-electron chi connectivity index (χ3n) is 3.69. The molecule has 0 aromatic heterocycles. The van der Waals surface area contributed by atoms with Crippen LogP contribution in [0, 0.1) is 5.82 Å². The Labute approximate surface area is 135 Å². The van der Waals surface area contributed by atoms with Gasteiger partial charge in [-0.15, -0.1) is 0 Å². The number of benzene rings is 2. The van der Waals surface area contributed by atoms with Crippen LogP contribution < -0.4 is 10.2 Å². The highest BCUT2D eigenvalue weighted by Gasteiger charge is 2.19. The lowest BCUT2D eigenvalue weighted by Gasteiger charge is -2.21. The summed E-state index contributed by atoms with van der Waals surface area (Å²) >= 11 is 0. The molecule has 2 atom stereocenters. The smallest absolute Gasteiger partial charge is 0.251 e. The molecule has 2 aromatic carbocycles. The summed E-state index contributed by atoms with van der Waals surface area (Å²) in [5, 5.41) is 13.0. The van der Waals surface area contributed by atoms with Gasteiger partial charge >= 0.3 is 0 Å². The van der Waals surface area contributed by atoms with Gasteiger partial charge in [0.1, 0.15) is 5.82 Å². The van der Waals surface area contributed by atoms with Crippen molar-refractivity contribution in [3.63, 3.8) is 0 Å². The van der Waals surface area contributed by atoms with Crippen LogP contribution in [-0.4, -0.2) is 31.2 Å². The number of nitrogens with zero attached hydrogens (tertiary/aromatic N) is 1. The average Bonchev–Trinajstić information content (AvgIpc) is 2.54. The van der Waals surface area contributed by atoms with Crippen LogP contribution in [-0.2, 0) is 0 Å². The summed E-state index contributed by atoms with van der Waals surface area (Å²) < 4.78 is 12.9. The normalized spacial score (nSPS) is 13.3. The maximum absolute atomic E-state index is 12.9. The minimum atomic E-state index is -0.902. The van der Waals surface area contributed by atoms with Crippen LogP contribution in [0.4, 0.5) is 10.1 Å². The van der Waals surface area contributed by atoms with Crippen LogP contribution in [0.5, 0.6) is 0 Å². The van der Waals surface area contributed by atoms with Crippen molar-refractivity contribution in [3.05, 3.63) is 65.5 Å². The molecule has 0 aliphatic carbocycles. The molecular weight excluding hydrogens is 295 g/mol. The number of carbonyl (C=O) groups excluding carboxylic acids is 1. The maximum Gasteiger partial charge on any atom is 0.251 e. The van der Waals surface area contributed by atoms with Gasteiger partial charge in [0.25, 0.3) is 5.91 Å². The number of aliphatic hydroxyl groups excluding tert-OH is 1. The quantitative estimate of drug-likeness (QED) is 0.892. The Bertz CT molecular complexity index is 654. The minimum Gasteiger partial charge on any atom is -0.386 e. The van der Waals surface area contributed by atoms with Crippen molar-refractivity contribution in [2.75, 3.05) is 19.0 Å². The van der Waals surface area contributed by atoms with Crippen molar-refractivity contribution in [1.29, 1.82) is 0 Å². The number of carbonyl (C=O) groups is 1. The predicted molar refractivity (Wildman–Crippen MR) is 89.1 cm³/mol. The highest BCUT2D eigenvalue weighted by atomic mass is 19.1. The van der Waals surface area contributed by atoms with Crippen molar-refractivity contribution in [1.82, 2.24) is 5.32 Å². The van der Waals surface area contributed by atoms with Crippen LogP contribution in [0.25, 0.3) is 0 Å². The van der Waals surface area contributed by atoms with E-state index in [-0.39, 0.29) is 11.7 Å². The standard InChI is InChI=1S/C18H21FN2O2/c1-12(17(22)13-4-8-15(19)9-5-13)20-18(23)14-6-10-16(11-7-14)21(2)3/h4-12,17,22H,1-3H3,(H,20,23)/t12-,17-/m1/s1. The zero-order chi connectivity index (χ0) is 17.0. The molecule has 122 valence electrons. The number of amides is 1. The molecule has 2 rings (SSSR count). The van der Waals surface area contributed by atoms with Crippen LogP contribution >= 0.6 is 0 Å². The number of nitrogens with one attached hydrogen (secondary N) is 1. The zero-order valence-corrected chi connectivity index (χ0v) is 13.5. The molecule has 2 aromatic rings. The van der Waals surface area contributed by atoms with E-state index in [0.29, 0.717) is 11.1 Å². The van der Waals surface area contributed by atoms with E-state index >= 15 is 0 Å². The summed E-state index contributed by atoms with van der Waals surface area (Å²) in [6.45, 7) is 1.71. The van der Waals surface area contributed by atoms with Gasteiger partial charge in [-0.05, 0) is 48.9 Å². The van der Waals surface area contributed by atoms with Crippen molar-refractivity contribution in [3.8, 4) is 0 Å². The summed E-state index contributed by atoms with van der Waals surface area (Å²) in [7, 11) is 3.85. The number of aliphatic hydroxyl groups is 1. The third-order valence-corrected chi connectivity index (χ3v) is 3.69. The molecule has 0 unspecified atom stereocenters. The molecule has 0 fully saturated rings. The molecule has 0 bridgehead atoms. The molecule has 0 saturated heterocycles. The van der Waals surface area contributed by atoms with Gasteiger partial charge in [0.2, 0.25) is 0 Å². The van der Waals surface area contributed by atoms with Gasteiger partial charge in [-0.25, -0.2) is 4.39 Å². The van der Waals surface area contributed by atoms with Gasteiger partial charge in [-0.1, -0.05) is 12.1 Å². The van der Waals surface area contributed by atoms with Crippen LogP contribution in [0.3, 0.4) is 0 Å². The summed E-state index contributed by atoms with van der Waals surface area (Å²) in [4.78, 5) is 14.2. The van der Waals surface area contributed by atoms with E-state index in [0.717, 1.165) is 5.69 Å². The Kier molecular flexibility index (Phi) is 5.34. The molecule has 23 heavy (non-hydrogen) atoms. The molecule has 4 nitrogen and oxygen atoms in total. The summed E-state index contributed by atoms with van der Waals surface area (Å²) in [6, 6.07) is 12.3. The SMILES string of the molecule is C[C@@H](NC(=O)c1ccc(N(C)C)cc1)[C@@H](O)c1ccc(F)cc1. The minimum absolute atomic E-state index is 0.260. The first-order valence-electron chi connectivity index (χ1n) is 7.40. The molecule has 0 aliphatic rings. The number of hydrogen-bond acceptors (Lipinski definition) is 3. The second kappa shape index (κ2) is 7.24. The maximum atomic E-state index is 12.9. The van der Waals surface area contributed by atoms with Crippen molar-refractivity contribution < 1.29 is 14.3 Å². The highest BCUT2D eigenvalue weighted by Crippen LogP contribution is 2.18. The molecule has 0 saturated carbocycles. The lowest BCUT2D eigenvalue weighted by molar-refractivity contribution is 0.0852. The number of hydrogen-bond donors (Lipinski definition) is 2. The Hall–Kier alpha value is -2.40. The average molecular weight is 316 g/mol. The van der Waals surface area contributed by atoms with Crippen molar-refractivity contribution >= 4 is 11.6 Å². The molecular formula is C18H21FN2O2. The van der Waals surface area contributed by atoms with E-state index in [2.05, 4.69) is 5.32 Å². The molecule has 0 spiro atoms. The van der Waals surface area contributed by atoms with Crippen LogP contribution in [0.2, 0.25) is 0 Å². The number of anilines is 1. The van der Waals surface area contributed by atoms with E-state index in [9.17, 15) is 14.3 Å². The van der Waals surface area contributed by atoms with E-state index in [1.165, 1.54) is 24.3 Å². The lowest BCUT2D eigenvalue weighted by Crippen LogP contribution is -2.37. The largest absolute Gasteiger partial charge is 0.386 e. The molecule has 0 radical (unpaired) electrons. The second-order valence-electron chi connectivity index (χ2n) is 5.70. The fraction of sp³-hybridized carbons (Fsp3) is 0.278. The Morgan fingerprint density at radius 3 is 2.17 bits per heavy atom. The summed E-state index contributed by atoms with van der Waals surface area (Å²) in [5.74, 6) is -0.623. The lowest BCUT2D eigenvalue weighted by atomic mass is 10.0. The molecule has 1 amide bonds. The van der Waals surface area contributed by atoms with Gasteiger partial charge in [0, 0.05) is 25.3 Å². The number of halogens is 1. The fourth-order valence-corrected chi connectivity index (χ4v) is 2.23. The van der Waals surface area contributed by atoms with Gasteiger partial charge < -0.3 is 15.3 Å². The summed E-state index contributed by atoms with van der Waals surface area (Å²) in [5.41, 5.74) is 2.08. The van der Waals surface area contributed by atoms with E-state index in [4.69, 9.17) is 0 Å². The third kappa shape index (κ3) is 4.29. The van der Waals surface area contributed by atoms with Gasteiger partial charge in [-0.2, -0.15) is 0 Å². The van der Waals surface area contributed by atoms with Crippen LogP contribution in [0.15, 0.2) is 48.5 Å². The molecule has 2 N–H and O–H groups in total. The van der Waals surface area contributed by atoms with E-state index in [1.54, 1.807) is 19.1 Å².